The molecule has 5 aromatic rings. The average molecular weight is 423 g/mol. The molecule has 0 unspecified atom stereocenters. The second-order valence-electron chi connectivity index (χ2n) is 6.44. The molecule has 0 aliphatic carbocycles. The van der Waals surface area contributed by atoms with E-state index in [1.54, 1.807) is 25.2 Å². The van der Waals surface area contributed by atoms with E-state index in [-0.39, 0.29) is 11.4 Å². The molecule has 5 rings (SSSR count). The van der Waals surface area contributed by atoms with Gasteiger partial charge in [-0.25, -0.2) is 9.37 Å². The van der Waals surface area contributed by atoms with Crippen LogP contribution in [0.3, 0.4) is 0 Å². The number of aromatic nitrogens is 5. The van der Waals surface area contributed by atoms with Crippen molar-refractivity contribution in [3.05, 3.63) is 75.8 Å². The predicted octanol–water partition coefficient (Wildman–Crippen LogP) is 4.14. The number of thioether (sulfide) groups is 1. The van der Waals surface area contributed by atoms with Crippen molar-refractivity contribution in [2.24, 2.45) is 7.05 Å². The fraction of sp³-hybridized carbons (Fsp3) is 0.100. The minimum Gasteiger partial charge on any atom is -0.279 e. The van der Waals surface area contributed by atoms with E-state index in [2.05, 4.69) is 15.2 Å². The topological polar surface area (TPSA) is 65.1 Å². The molecule has 0 saturated carbocycles. The lowest BCUT2D eigenvalue weighted by Gasteiger charge is -2.07. The van der Waals surface area contributed by atoms with E-state index in [4.69, 9.17) is 0 Å². The van der Waals surface area contributed by atoms with Crippen molar-refractivity contribution >= 4 is 39.8 Å². The number of hydrogen-bond acceptors (Lipinski definition) is 6. The fourth-order valence-corrected chi connectivity index (χ4v) is 4.91. The van der Waals surface area contributed by atoms with Crippen molar-refractivity contribution in [1.29, 1.82) is 0 Å². The first-order chi connectivity index (χ1) is 14.1. The van der Waals surface area contributed by atoms with Gasteiger partial charge in [-0.2, -0.15) is 0 Å². The molecule has 29 heavy (non-hydrogen) atoms. The Morgan fingerprint density at radius 1 is 1.10 bits per heavy atom. The van der Waals surface area contributed by atoms with Crippen LogP contribution in [0.25, 0.3) is 27.3 Å². The zero-order chi connectivity index (χ0) is 20.0. The maximum atomic E-state index is 13.1. The first-order valence-electron chi connectivity index (χ1n) is 8.78. The predicted molar refractivity (Wildman–Crippen MR) is 113 cm³/mol. The quantitative estimate of drug-likeness (QED) is 0.407. The van der Waals surface area contributed by atoms with Gasteiger partial charge in [0, 0.05) is 23.7 Å². The van der Waals surface area contributed by atoms with E-state index >= 15 is 0 Å². The third-order valence-electron chi connectivity index (χ3n) is 4.59. The van der Waals surface area contributed by atoms with Gasteiger partial charge in [0.25, 0.3) is 5.56 Å². The van der Waals surface area contributed by atoms with Gasteiger partial charge in [-0.15, -0.1) is 21.5 Å². The third-order valence-corrected chi connectivity index (χ3v) is 6.49. The van der Waals surface area contributed by atoms with Crippen molar-refractivity contribution < 1.29 is 4.39 Å². The molecule has 0 amide bonds. The highest BCUT2D eigenvalue weighted by Gasteiger charge is 2.15. The number of thiazole rings is 1. The Hall–Kier alpha value is -3.04. The van der Waals surface area contributed by atoms with Gasteiger partial charge in [0.05, 0.1) is 16.6 Å². The Morgan fingerprint density at radius 3 is 2.72 bits per heavy atom. The average Bonchev–Trinajstić information content (AvgIpc) is 3.38. The lowest BCUT2D eigenvalue weighted by Crippen LogP contribution is -2.20. The Bertz CT molecular complexity index is 1400. The summed E-state index contributed by atoms with van der Waals surface area (Å²) in [5, 5.41) is 12.6. The highest BCUT2D eigenvalue weighted by molar-refractivity contribution is 7.98. The standard InChI is InChI=1S/C20H14FN5OS2/c1-25-18(27)15-4-2-3-5-16(15)26-19(25)23-24-20(26)29-11-14-10-28-17(22-14)12-6-8-13(21)9-7-12/h2-10H,11H2,1H3. The molecular formula is C20H14FN5OS2. The van der Waals surface area contributed by atoms with Crippen LogP contribution in [0.2, 0.25) is 0 Å². The third kappa shape index (κ3) is 3.12. The maximum absolute atomic E-state index is 13.1. The minimum atomic E-state index is -0.263. The van der Waals surface area contributed by atoms with Gasteiger partial charge in [0.1, 0.15) is 10.8 Å². The molecule has 0 bridgehead atoms. The molecule has 3 aromatic heterocycles. The summed E-state index contributed by atoms with van der Waals surface area (Å²) < 4.78 is 16.5. The van der Waals surface area contributed by atoms with Crippen LogP contribution in [0.5, 0.6) is 0 Å². The first-order valence-corrected chi connectivity index (χ1v) is 10.6. The highest BCUT2D eigenvalue weighted by atomic mass is 32.2. The summed E-state index contributed by atoms with van der Waals surface area (Å²) in [6, 6.07) is 13.8. The van der Waals surface area contributed by atoms with Crippen molar-refractivity contribution in [1.82, 2.24) is 24.1 Å². The Morgan fingerprint density at radius 2 is 1.90 bits per heavy atom. The molecule has 0 aliphatic rings. The molecule has 0 N–H and O–H groups in total. The summed E-state index contributed by atoms with van der Waals surface area (Å²) in [7, 11) is 1.70. The monoisotopic (exact) mass is 423 g/mol. The van der Waals surface area contributed by atoms with Crippen LogP contribution in [0, 0.1) is 5.82 Å². The molecule has 0 fully saturated rings. The second kappa shape index (κ2) is 7.09. The van der Waals surface area contributed by atoms with Crippen LogP contribution in [0.15, 0.2) is 63.9 Å². The smallest absolute Gasteiger partial charge is 0.262 e. The van der Waals surface area contributed by atoms with Crippen LogP contribution in [-0.2, 0) is 12.8 Å². The summed E-state index contributed by atoms with van der Waals surface area (Å²) >= 11 is 3.03. The van der Waals surface area contributed by atoms with E-state index in [0.717, 1.165) is 21.8 Å². The molecule has 0 saturated heterocycles. The van der Waals surface area contributed by atoms with Crippen LogP contribution in [0.1, 0.15) is 5.69 Å². The maximum Gasteiger partial charge on any atom is 0.262 e. The van der Waals surface area contributed by atoms with Gasteiger partial charge in [0.15, 0.2) is 5.16 Å². The molecule has 2 aromatic carbocycles. The number of rotatable bonds is 4. The second-order valence-corrected chi connectivity index (χ2v) is 8.24. The van der Waals surface area contributed by atoms with Crippen molar-refractivity contribution in [3.8, 4) is 10.6 Å². The lowest BCUT2D eigenvalue weighted by atomic mass is 10.2. The van der Waals surface area contributed by atoms with E-state index in [0.29, 0.717) is 22.1 Å². The molecule has 0 aliphatic heterocycles. The number of para-hydroxylation sites is 1. The summed E-state index contributed by atoms with van der Waals surface area (Å²) in [6.07, 6.45) is 0. The molecular weight excluding hydrogens is 409 g/mol. The lowest BCUT2D eigenvalue weighted by molar-refractivity contribution is 0.628. The van der Waals surface area contributed by atoms with E-state index in [1.807, 2.05) is 28.0 Å². The first kappa shape index (κ1) is 18.0. The molecule has 144 valence electrons. The molecule has 9 heteroatoms. The zero-order valence-electron chi connectivity index (χ0n) is 15.2. The number of nitrogens with zero attached hydrogens (tertiary/aromatic N) is 5. The van der Waals surface area contributed by atoms with Crippen molar-refractivity contribution in [3.63, 3.8) is 0 Å². The van der Waals surface area contributed by atoms with E-state index in [1.165, 1.54) is 39.8 Å². The van der Waals surface area contributed by atoms with Crippen LogP contribution >= 0.6 is 23.1 Å². The van der Waals surface area contributed by atoms with Crippen molar-refractivity contribution in [2.45, 2.75) is 10.9 Å². The minimum absolute atomic E-state index is 0.0968. The summed E-state index contributed by atoms with van der Waals surface area (Å²) in [5.41, 5.74) is 2.48. The van der Waals surface area contributed by atoms with Gasteiger partial charge in [0.2, 0.25) is 5.78 Å². The zero-order valence-corrected chi connectivity index (χ0v) is 16.9. The largest absolute Gasteiger partial charge is 0.279 e. The van der Waals surface area contributed by atoms with Crippen LogP contribution in [-0.4, -0.2) is 24.1 Å². The Labute approximate surface area is 172 Å². The van der Waals surface area contributed by atoms with Gasteiger partial charge in [-0.1, -0.05) is 23.9 Å². The summed E-state index contributed by atoms with van der Waals surface area (Å²) in [4.78, 5) is 17.2. The number of aryl methyl sites for hydroxylation is 1. The molecule has 3 heterocycles. The van der Waals surface area contributed by atoms with Crippen LogP contribution < -0.4 is 5.56 Å². The normalized spacial score (nSPS) is 11.5. The molecule has 6 nitrogen and oxygen atoms in total. The number of fused-ring (bicyclic) bond motifs is 3. The fourth-order valence-electron chi connectivity index (χ4n) is 3.14. The Balaban J connectivity index is 1.48. The van der Waals surface area contributed by atoms with Gasteiger partial charge < -0.3 is 0 Å². The summed E-state index contributed by atoms with van der Waals surface area (Å²) in [5.74, 6) is 0.846. The SMILES string of the molecule is Cn1c(=O)c2ccccc2n2c(SCc3csc(-c4ccc(F)cc4)n3)nnc12. The van der Waals surface area contributed by atoms with Crippen molar-refractivity contribution in [2.75, 3.05) is 0 Å². The molecule has 0 spiro atoms. The summed E-state index contributed by atoms with van der Waals surface area (Å²) in [6.45, 7) is 0. The van der Waals surface area contributed by atoms with E-state index < -0.39 is 0 Å². The highest BCUT2D eigenvalue weighted by Crippen LogP contribution is 2.28. The number of benzene rings is 2. The Kier molecular flexibility index (Phi) is 4.40. The van der Waals surface area contributed by atoms with Crippen LogP contribution in [0.4, 0.5) is 4.39 Å². The van der Waals surface area contributed by atoms with E-state index in [9.17, 15) is 9.18 Å². The molecule has 0 radical (unpaired) electrons. The van der Waals surface area contributed by atoms with Gasteiger partial charge >= 0.3 is 0 Å². The molecule has 0 atom stereocenters. The number of hydrogen-bond donors (Lipinski definition) is 0. The van der Waals surface area contributed by atoms with Gasteiger partial charge in [-0.05, 0) is 36.4 Å². The van der Waals surface area contributed by atoms with Gasteiger partial charge in [-0.3, -0.25) is 13.8 Å². The number of halogens is 1.